The van der Waals surface area contributed by atoms with Crippen molar-refractivity contribution >= 4 is 23.5 Å². The Morgan fingerprint density at radius 3 is 2.28 bits per heavy atom. The van der Waals surface area contributed by atoms with Crippen molar-refractivity contribution in [3.05, 3.63) is 66.2 Å². The van der Waals surface area contributed by atoms with Crippen molar-refractivity contribution in [1.82, 2.24) is 10.2 Å². The molecule has 1 N–H and O–H groups in total. The topological polar surface area (TPSA) is 69.7 Å². The fourth-order valence-electron chi connectivity index (χ4n) is 5.57. The van der Waals surface area contributed by atoms with Crippen molar-refractivity contribution in [3.8, 4) is 0 Å². The highest BCUT2D eigenvalue weighted by atomic mass is 16.2. The lowest BCUT2D eigenvalue weighted by Crippen LogP contribution is -2.54. The number of hydrogen-bond donors (Lipinski definition) is 1. The fraction of sp³-hybridized carbons (Fsp3) is 0.423. The third-order valence-electron chi connectivity index (χ3n) is 6.47. The summed E-state index contributed by atoms with van der Waals surface area (Å²) < 4.78 is 0. The predicted molar refractivity (Wildman–Crippen MR) is 124 cm³/mol. The van der Waals surface area contributed by atoms with E-state index in [9.17, 15) is 14.4 Å². The van der Waals surface area contributed by atoms with Crippen molar-refractivity contribution < 1.29 is 14.4 Å². The smallest absolute Gasteiger partial charge is 0.323 e. The number of amides is 4. The number of nitrogens with one attached hydrogen (secondary N) is 1. The van der Waals surface area contributed by atoms with Gasteiger partial charge in [-0.1, -0.05) is 69.3 Å². The minimum absolute atomic E-state index is 0.0516. The van der Waals surface area contributed by atoms with Crippen LogP contribution in [0.1, 0.15) is 45.6 Å². The molecule has 4 rings (SSSR count). The molecule has 6 heteroatoms. The summed E-state index contributed by atoms with van der Waals surface area (Å²) in [5.41, 5.74) is 0.747. The molecule has 2 fully saturated rings. The highest BCUT2D eigenvalue weighted by molar-refractivity contribution is 6.10. The van der Waals surface area contributed by atoms with Crippen LogP contribution in [0.15, 0.2) is 60.7 Å². The third kappa shape index (κ3) is 4.40. The number of benzene rings is 2. The summed E-state index contributed by atoms with van der Waals surface area (Å²) in [5.74, 6) is -0.246. The summed E-state index contributed by atoms with van der Waals surface area (Å²) in [6, 6.07) is 18.6. The lowest BCUT2D eigenvalue weighted by molar-refractivity contribution is -0.137. The van der Waals surface area contributed by atoms with Crippen molar-refractivity contribution in [2.24, 2.45) is 11.3 Å². The molecule has 1 spiro atoms. The Morgan fingerprint density at radius 1 is 1.03 bits per heavy atom. The molecule has 1 saturated heterocycles. The van der Waals surface area contributed by atoms with E-state index in [4.69, 9.17) is 0 Å². The molecule has 1 aliphatic carbocycles. The van der Waals surface area contributed by atoms with Gasteiger partial charge in [0.2, 0.25) is 5.91 Å². The number of carbonyl (C=O) groups excluding carboxylic acids is 3. The number of nitrogens with zero attached hydrogens (tertiary/aromatic N) is 2. The predicted octanol–water partition coefficient (Wildman–Crippen LogP) is 4.36. The van der Waals surface area contributed by atoms with Crippen LogP contribution in [-0.4, -0.2) is 34.8 Å². The van der Waals surface area contributed by atoms with Gasteiger partial charge in [-0.2, -0.15) is 0 Å². The Balaban J connectivity index is 1.57. The maximum absolute atomic E-state index is 13.5. The van der Waals surface area contributed by atoms with Crippen LogP contribution in [-0.2, 0) is 16.1 Å². The van der Waals surface area contributed by atoms with Crippen LogP contribution in [0, 0.1) is 11.3 Å². The number of imide groups is 1. The van der Waals surface area contributed by atoms with Crippen LogP contribution in [0.5, 0.6) is 0 Å². The fourth-order valence-corrected chi connectivity index (χ4v) is 5.57. The first-order chi connectivity index (χ1) is 15.2. The Labute approximate surface area is 189 Å². The largest absolute Gasteiger partial charge is 0.325 e. The van der Waals surface area contributed by atoms with Gasteiger partial charge >= 0.3 is 6.03 Å². The quantitative estimate of drug-likeness (QED) is 0.713. The molecule has 168 valence electrons. The first-order valence-electron chi connectivity index (χ1n) is 11.2. The van der Waals surface area contributed by atoms with E-state index in [1.54, 1.807) is 4.90 Å². The zero-order chi connectivity index (χ0) is 22.9. The van der Waals surface area contributed by atoms with Crippen LogP contribution in [0.25, 0.3) is 0 Å². The summed E-state index contributed by atoms with van der Waals surface area (Å²) in [6.07, 6.45) is 2.21. The summed E-state index contributed by atoms with van der Waals surface area (Å²) >= 11 is 0. The van der Waals surface area contributed by atoms with Gasteiger partial charge in [-0.05, 0) is 48.3 Å². The van der Waals surface area contributed by atoms with Crippen LogP contribution < -0.4 is 10.2 Å². The number of urea groups is 1. The molecule has 4 amide bonds. The Hall–Kier alpha value is -3.15. The molecule has 1 heterocycles. The lowest BCUT2D eigenvalue weighted by atomic mass is 9.64. The number of carbonyl (C=O) groups is 3. The molecule has 2 aromatic carbocycles. The van der Waals surface area contributed by atoms with Crippen molar-refractivity contribution in [1.29, 1.82) is 0 Å². The molecule has 2 aromatic rings. The van der Waals surface area contributed by atoms with Gasteiger partial charge in [0.15, 0.2) is 0 Å². The maximum Gasteiger partial charge on any atom is 0.325 e. The van der Waals surface area contributed by atoms with Crippen LogP contribution >= 0.6 is 0 Å². The van der Waals surface area contributed by atoms with Gasteiger partial charge in [0, 0.05) is 5.69 Å². The molecular weight excluding hydrogens is 402 g/mol. The standard InChI is InChI=1S/C26H31N3O3/c1-19-14-25(2,3)18-26(15-19)23(31)29(24(32)27-26)17-22(30)28(21-12-8-5-9-13-21)16-20-10-6-4-7-11-20/h4-13,19H,14-18H2,1-3H3,(H,27,32)/t19-,26-/m1/s1. The average molecular weight is 434 g/mol. The van der Waals surface area contributed by atoms with E-state index in [0.29, 0.717) is 25.3 Å². The van der Waals surface area contributed by atoms with Crippen LogP contribution in [0.2, 0.25) is 0 Å². The summed E-state index contributed by atoms with van der Waals surface area (Å²) in [6.45, 7) is 6.47. The third-order valence-corrected chi connectivity index (χ3v) is 6.47. The molecule has 0 aromatic heterocycles. The van der Waals surface area contributed by atoms with Gasteiger partial charge < -0.3 is 10.2 Å². The molecule has 32 heavy (non-hydrogen) atoms. The molecular formula is C26H31N3O3. The van der Waals surface area contributed by atoms with Gasteiger partial charge in [0.1, 0.15) is 12.1 Å². The van der Waals surface area contributed by atoms with E-state index in [1.807, 2.05) is 60.7 Å². The Kier molecular flexibility index (Phi) is 5.80. The van der Waals surface area contributed by atoms with E-state index in [1.165, 1.54) is 0 Å². The second-order valence-corrected chi connectivity index (χ2v) is 10.1. The van der Waals surface area contributed by atoms with E-state index in [-0.39, 0.29) is 23.8 Å². The van der Waals surface area contributed by atoms with Crippen molar-refractivity contribution in [3.63, 3.8) is 0 Å². The molecule has 0 bridgehead atoms. The highest BCUT2D eigenvalue weighted by Gasteiger charge is 2.56. The van der Waals surface area contributed by atoms with Crippen LogP contribution in [0.4, 0.5) is 10.5 Å². The molecule has 2 aliphatic rings. The zero-order valence-electron chi connectivity index (χ0n) is 19.0. The van der Waals surface area contributed by atoms with E-state index in [2.05, 4.69) is 26.1 Å². The summed E-state index contributed by atoms with van der Waals surface area (Å²) in [4.78, 5) is 42.5. The molecule has 2 atom stereocenters. The molecule has 6 nitrogen and oxygen atoms in total. The van der Waals surface area contributed by atoms with E-state index in [0.717, 1.165) is 22.6 Å². The van der Waals surface area contributed by atoms with Gasteiger partial charge in [0.25, 0.3) is 5.91 Å². The zero-order valence-corrected chi connectivity index (χ0v) is 19.0. The maximum atomic E-state index is 13.5. The SMILES string of the molecule is C[C@@H]1CC(C)(C)C[C@@]2(C1)NC(=O)N(CC(=O)N(Cc1ccccc1)c1ccccc1)C2=O. The first-order valence-corrected chi connectivity index (χ1v) is 11.2. The molecule has 0 unspecified atom stereocenters. The minimum atomic E-state index is -0.907. The number of anilines is 1. The van der Waals surface area contributed by atoms with E-state index >= 15 is 0 Å². The van der Waals surface area contributed by atoms with Crippen molar-refractivity contribution in [2.75, 3.05) is 11.4 Å². The Bertz CT molecular complexity index is 1010. The second kappa shape index (κ2) is 8.41. The van der Waals surface area contributed by atoms with Gasteiger partial charge in [-0.25, -0.2) is 4.79 Å². The van der Waals surface area contributed by atoms with Crippen LogP contribution in [0.3, 0.4) is 0 Å². The first kappa shape index (κ1) is 22.1. The van der Waals surface area contributed by atoms with Gasteiger partial charge in [-0.3, -0.25) is 14.5 Å². The highest BCUT2D eigenvalue weighted by Crippen LogP contribution is 2.46. The van der Waals surface area contributed by atoms with E-state index < -0.39 is 11.6 Å². The second-order valence-electron chi connectivity index (χ2n) is 10.1. The Morgan fingerprint density at radius 2 is 1.66 bits per heavy atom. The monoisotopic (exact) mass is 433 g/mol. The molecule has 1 saturated carbocycles. The van der Waals surface area contributed by atoms with Gasteiger partial charge in [-0.15, -0.1) is 0 Å². The average Bonchev–Trinajstić information content (AvgIpc) is 2.95. The number of hydrogen-bond acceptors (Lipinski definition) is 3. The number of rotatable bonds is 5. The normalized spacial score (nSPS) is 24.5. The van der Waals surface area contributed by atoms with Crippen molar-refractivity contribution in [2.45, 2.75) is 52.1 Å². The van der Waals surface area contributed by atoms with Gasteiger partial charge in [0.05, 0.1) is 6.54 Å². The molecule has 0 radical (unpaired) electrons. The lowest BCUT2D eigenvalue weighted by Gasteiger charge is -2.43. The minimum Gasteiger partial charge on any atom is -0.323 e. The summed E-state index contributed by atoms with van der Waals surface area (Å²) in [7, 11) is 0. The summed E-state index contributed by atoms with van der Waals surface area (Å²) in [5, 5.41) is 2.96. The molecule has 1 aliphatic heterocycles. The number of para-hydroxylation sites is 1.